The van der Waals surface area contributed by atoms with E-state index in [1.54, 1.807) is 12.1 Å². The normalized spacial score (nSPS) is 12.8. The van der Waals surface area contributed by atoms with Crippen LogP contribution in [0.1, 0.15) is 35.5 Å². The van der Waals surface area contributed by atoms with E-state index >= 15 is 0 Å². The first kappa shape index (κ1) is 17.8. The molecule has 0 radical (unpaired) electrons. The molecule has 0 saturated heterocycles. The number of carbonyl (C=O) groups is 1. The molecular weight excluding hydrogens is 317 g/mol. The van der Waals surface area contributed by atoms with Crippen molar-refractivity contribution in [3.8, 4) is 0 Å². The quantitative estimate of drug-likeness (QED) is 0.813. The van der Waals surface area contributed by atoms with Gasteiger partial charge >= 0.3 is 0 Å². The van der Waals surface area contributed by atoms with E-state index in [0.717, 1.165) is 4.70 Å². The van der Waals surface area contributed by atoms with Crippen molar-refractivity contribution in [1.29, 1.82) is 0 Å². The van der Waals surface area contributed by atoms with Gasteiger partial charge in [-0.3, -0.25) is 4.79 Å². The first-order valence-corrected chi connectivity index (χ1v) is 8.41. The molecule has 6 heteroatoms. The summed E-state index contributed by atoms with van der Waals surface area (Å²) in [5, 5.41) is 12.5. The topological polar surface area (TPSA) is 58.6 Å². The molecule has 4 nitrogen and oxygen atoms in total. The number of rotatable bonds is 7. The Kier molecular flexibility index (Phi) is 6.10. The monoisotopic (exact) mass is 339 g/mol. The summed E-state index contributed by atoms with van der Waals surface area (Å²) in [5.74, 6) is -0.395. The summed E-state index contributed by atoms with van der Waals surface area (Å²) in [7, 11) is 1.52. The van der Waals surface area contributed by atoms with Gasteiger partial charge in [0.2, 0.25) is 0 Å². The minimum Gasteiger partial charge on any atom is -0.396 e. The van der Waals surface area contributed by atoms with Crippen molar-refractivity contribution in [3.05, 3.63) is 34.5 Å². The van der Waals surface area contributed by atoms with Crippen LogP contribution in [0.2, 0.25) is 0 Å². The molecular formula is C17H22FNO3S. The molecule has 1 unspecified atom stereocenters. The van der Waals surface area contributed by atoms with E-state index < -0.39 is 0 Å². The highest BCUT2D eigenvalue weighted by Gasteiger charge is 2.23. The molecule has 2 aromatic rings. The lowest BCUT2D eigenvalue weighted by Gasteiger charge is -2.21. The largest absolute Gasteiger partial charge is 0.396 e. The molecule has 0 aliphatic rings. The van der Waals surface area contributed by atoms with Crippen molar-refractivity contribution >= 4 is 27.3 Å². The van der Waals surface area contributed by atoms with Crippen LogP contribution < -0.4 is 5.32 Å². The third-order valence-corrected chi connectivity index (χ3v) is 5.02. The molecule has 0 spiro atoms. The molecule has 1 heterocycles. The van der Waals surface area contributed by atoms with Crippen LogP contribution in [0.15, 0.2) is 18.2 Å². The van der Waals surface area contributed by atoms with Crippen LogP contribution in [0.5, 0.6) is 0 Å². The first-order valence-electron chi connectivity index (χ1n) is 7.60. The summed E-state index contributed by atoms with van der Waals surface area (Å²) >= 11 is 1.26. The molecule has 0 aliphatic heterocycles. The average Bonchev–Trinajstić information content (AvgIpc) is 2.87. The highest BCUT2D eigenvalue weighted by molar-refractivity contribution is 7.21. The molecule has 1 amide bonds. The molecule has 126 valence electrons. The van der Waals surface area contributed by atoms with Gasteiger partial charge in [-0.1, -0.05) is 19.9 Å². The van der Waals surface area contributed by atoms with Crippen LogP contribution in [-0.4, -0.2) is 30.8 Å². The van der Waals surface area contributed by atoms with E-state index in [9.17, 15) is 9.18 Å². The number of ether oxygens (including phenoxy) is 1. The van der Waals surface area contributed by atoms with E-state index in [0.29, 0.717) is 22.2 Å². The van der Waals surface area contributed by atoms with Gasteiger partial charge < -0.3 is 15.2 Å². The van der Waals surface area contributed by atoms with Gasteiger partial charge in [-0.25, -0.2) is 4.39 Å². The number of halogens is 1. The Morgan fingerprint density at radius 1 is 1.43 bits per heavy atom. The minimum absolute atomic E-state index is 0.00903. The molecule has 0 saturated carbocycles. The fourth-order valence-corrected chi connectivity index (χ4v) is 3.70. The number of amides is 1. The Labute approximate surface area is 139 Å². The maximum absolute atomic E-state index is 14.1. The lowest BCUT2D eigenvalue weighted by atomic mass is 10.0. The third kappa shape index (κ3) is 3.88. The second kappa shape index (κ2) is 7.86. The average molecular weight is 339 g/mol. The molecule has 2 N–H and O–H groups in total. The van der Waals surface area contributed by atoms with Gasteiger partial charge in [-0.15, -0.1) is 11.3 Å². The van der Waals surface area contributed by atoms with Gasteiger partial charge in [-0.2, -0.15) is 0 Å². The Morgan fingerprint density at radius 3 is 2.78 bits per heavy atom. The van der Waals surface area contributed by atoms with Crippen LogP contribution in [0.25, 0.3) is 10.1 Å². The van der Waals surface area contributed by atoms with Gasteiger partial charge in [0, 0.05) is 35.4 Å². The summed E-state index contributed by atoms with van der Waals surface area (Å²) in [5.41, 5.74) is 0.578. The molecule has 0 bridgehead atoms. The van der Waals surface area contributed by atoms with Crippen LogP contribution >= 0.6 is 11.3 Å². The smallest absolute Gasteiger partial charge is 0.261 e. The Morgan fingerprint density at radius 2 is 2.17 bits per heavy atom. The predicted molar refractivity (Wildman–Crippen MR) is 90.3 cm³/mol. The molecule has 1 aromatic heterocycles. The number of hydrogen-bond donors (Lipinski definition) is 2. The number of aliphatic hydroxyl groups excluding tert-OH is 1. The second-order valence-corrected chi connectivity index (χ2v) is 6.84. The number of methoxy groups -OCH3 is 1. The summed E-state index contributed by atoms with van der Waals surface area (Å²) in [4.78, 5) is 13.1. The molecule has 0 fully saturated rings. The molecule has 1 atom stereocenters. The zero-order chi connectivity index (χ0) is 17.0. The Bertz CT molecular complexity index is 684. The van der Waals surface area contributed by atoms with E-state index in [1.807, 2.05) is 13.8 Å². The van der Waals surface area contributed by atoms with Crippen molar-refractivity contribution < 1.29 is 19.0 Å². The second-order valence-electron chi connectivity index (χ2n) is 5.79. The van der Waals surface area contributed by atoms with Crippen LogP contribution in [0, 0.1) is 11.7 Å². The number of aliphatic hydroxyl groups is 1. The van der Waals surface area contributed by atoms with Gasteiger partial charge in [0.1, 0.15) is 5.82 Å². The van der Waals surface area contributed by atoms with E-state index in [4.69, 9.17) is 9.84 Å². The van der Waals surface area contributed by atoms with Crippen molar-refractivity contribution in [2.24, 2.45) is 5.92 Å². The highest BCUT2D eigenvalue weighted by Crippen LogP contribution is 2.34. The van der Waals surface area contributed by atoms with Gasteiger partial charge in [0.05, 0.1) is 11.5 Å². The number of carbonyl (C=O) groups excluding carboxylic acids is 1. The molecule has 23 heavy (non-hydrogen) atoms. The van der Waals surface area contributed by atoms with Crippen LogP contribution in [-0.2, 0) is 11.3 Å². The standard InChI is InChI=1S/C17H22FNO3S/c1-10(2)13(7-8-20)19-17(21)16-11(9-22-3)15-12(18)5-4-6-14(15)23-16/h4-6,10,13,20H,7-9H2,1-3H3,(H,19,21). The SMILES string of the molecule is COCc1c(C(=O)NC(CCO)C(C)C)sc2cccc(F)c12. The number of nitrogens with one attached hydrogen (secondary N) is 1. The predicted octanol–water partition coefficient (Wildman–Crippen LogP) is 3.32. The summed E-state index contributed by atoms with van der Waals surface area (Å²) in [6.45, 7) is 4.16. The fourth-order valence-electron chi connectivity index (χ4n) is 2.58. The zero-order valence-electron chi connectivity index (χ0n) is 13.6. The maximum Gasteiger partial charge on any atom is 0.261 e. The van der Waals surface area contributed by atoms with Crippen molar-refractivity contribution in [3.63, 3.8) is 0 Å². The Hall–Kier alpha value is -1.50. The number of hydrogen-bond acceptors (Lipinski definition) is 4. The fraction of sp³-hybridized carbons (Fsp3) is 0.471. The summed E-state index contributed by atoms with van der Waals surface area (Å²) < 4.78 is 20.0. The number of benzene rings is 1. The summed E-state index contributed by atoms with van der Waals surface area (Å²) in [6, 6.07) is 4.69. The first-order chi connectivity index (χ1) is 11.0. The van der Waals surface area contributed by atoms with Crippen molar-refractivity contribution in [2.45, 2.75) is 32.9 Å². The van der Waals surface area contributed by atoms with Crippen LogP contribution in [0.4, 0.5) is 4.39 Å². The molecule has 2 rings (SSSR count). The zero-order valence-corrected chi connectivity index (χ0v) is 14.4. The van der Waals surface area contributed by atoms with E-state index in [1.165, 1.54) is 24.5 Å². The third-order valence-electron chi connectivity index (χ3n) is 3.82. The maximum atomic E-state index is 14.1. The number of fused-ring (bicyclic) bond motifs is 1. The van der Waals surface area contributed by atoms with Gasteiger partial charge in [0.15, 0.2) is 0 Å². The van der Waals surface area contributed by atoms with E-state index in [2.05, 4.69) is 5.32 Å². The van der Waals surface area contributed by atoms with Gasteiger partial charge in [-0.05, 0) is 24.5 Å². The van der Waals surface area contributed by atoms with Crippen LogP contribution in [0.3, 0.4) is 0 Å². The minimum atomic E-state index is -0.347. The summed E-state index contributed by atoms with van der Waals surface area (Å²) in [6.07, 6.45) is 0.488. The highest BCUT2D eigenvalue weighted by atomic mass is 32.1. The molecule has 0 aliphatic carbocycles. The lowest BCUT2D eigenvalue weighted by molar-refractivity contribution is 0.0916. The van der Waals surface area contributed by atoms with Gasteiger partial charge in [0.25, 0.3) is 5.91 Å². The lowest BCUT2D eigenvalue weighted by Crippen LogP contribution is -2.39. The van der Waals surface area contributed by atoms with Crippen molar-refractivity contribution in [2.75, 3.05) is 13.7 Å². The molecule has 1 aromatic carbocycles. The number of thiophene rings is 1. The van der Waals surface area contributed by atoms with Crippen molar-refractivity contribution in [1.82, 2.24) is 5.32 Å². The van der Waals surface area contributed by atoms with E-state index in [-0.39, 0.29) is 36.9 Å². The Balaban J connectivity index is 2.39.